The minimum absolute atomic E-state index is 0.280. The van der Waals surface area contributed by atoms with Crippen molar-refractivity contribution >= 4 is 23.1 Å². The number of ether oxygens (including phenoxy) is 2. The van der Waals surface area contributed by atoms with Crippen LogP contribution in [-0.4, -0.2) is 47.0 Å². The van der Waals surface area contributed by atoms with Crippen molar-refractivity contribution in [3.63, 3.8) is 0 Å². The Hall–Kier alpha value is -4.10. The van der Waals surface area contributed by atoms with E-state index in [9.17, 15) is 19.6 Å². The molecule has 4 rings (SSSR count). The molecule has 2 N–H and O–H groups in total. The standard InChI is InChI=1S/C28H32N4O6/c1-28(2,3)38-26(34)31-24(23-6-5-13-36-23)25(33)30-20(16-29)14-17-7-9-18(10-8-17)19-11-12-22-21(15-19)32(4)27(35)37-22/h7-12,15,20,23-24H,5-6,13-14H2,1-4H3,(H,30,33)(H,31,34)/t20-,23-,24+/m0/s1. The fraction of sp³-hybridized carbons (Fsp3) is 0.429. The molecule has 3 atom stereocenters. The highest BCUT2D eigenvalue weighted by molar-refractivity contribution is 5.87. The van der Waals surface area contributed by atoms with E-state index in [2.05, 4.69) is 16.7 Å². The van der Waals surface area contributed by atoms with Crippen LogP contribution in [-0.2, 0) is 27.7 Å². The van der Waals surface area contributed by atoms with Crippen LogP contribution >= 0.6 is 0 Å². The highest BCUT2D eigenvalue weighted by atomic mass is 16.6. The molecule has 3 aromatic rings. The maximum absolute atomic E-state index is 13.1. The van der Waals surface area contributed by atoms with E-state index < -0.39 is 41.5 Å². The fourth-order valence-electron chi connectivity index (χ4n) is 4.39. The number of aromatic nitrogens is 1. The van der Waals surface area contributed by atoms with Gasteiger partial charge in [0.15, 0.2) is 5.58 Å². The SMILES string of the molecule is Cn1c(=O)oc2ccc(-c3ccc(C[C@@H](C#N)NC(=O)[C@H](NC(=O)OC(C)(C)C)[C@@H]4CCCO4)cc3)cc21. The minimum Gasteiger partial charge on any atom is -0.444 e. The van der Waals surface area contributed by atoms with Gasteiger partial charge in [-0.05, 0) is 62.4 Å². The van der Waals surface area contributed by atoms with E-state index in [0.29, 0.717) is 24.1 Å². The van der Waals surface area contributed by atoms with E-state index in [1.807, 2.05) is 36.4 Å². The second kappa shape index (κ2) is 11.1. The van der Waals surface area contributed by atoms with Crippen LogP contribution in [0, 0.1) is 11.3 Å². The number of alkyl carbamates (subject to hydrolysis) is 1. The minimum atomic E-state index is -0.973. The predicted molar refractivity (Wildman–Crippen MR) is 140 cm³/mol. The Labute approximate surface area is 220 Å². The van der Waals surface area contributed by atoms with Crippen LogP contribution in [0.5, 0.6) is 0 Å². The van der Waals surface area contributed by atoms with Gasteiger partial charge in [0.05, 0.1) is 17.7 Å². The summed E-state index contributed by atoms with van der Waals surface area (Å²) in [5.74, 6) is -0.912. The van der Waals surface area contributed by atoms with Gasteiger partial charge >= 0.3 is 11.8 Å². The van der Waals surface area contributed by atoms with Gasteiger partial charge in [-0.15, -0.1) is 0 Å². The summed E-state index contributed by atoms with van der Waals surface area (Å²) in [6.07, 6.45) is 0.468. The molecule has 1 aromatic heterocycles. The molecule has 1 aliphatic rings. The lowest BCUT2D eigenvalue weighted by atomic mass is 10.00. The van der Waals surface area contributed by atoms with Crippen molar-refractivity contribution in [3.05, 3.63) is 58.6 Å². The first kappa shape index (κ1) is 26.9. The number of fused-ring (bicyclic) bond motifs is 1. The normalized spacial score (nSPS) is 17.0. The highest BCUT2D eigenvalue weighted by Crippen LogP contribution is 2.25. The Balaban J connectivity index is 1.43. The van der Waals surface area contributed by atoms with Crippen molar-refractivity contribution in [1.82, 2.24) is 15.2 Å². The monoisotopic (exact) mass is 520 g/mol. The molecule has 10 nitrogen and oxygen atoms in total. The molecule has 0 aliphatic carbocycles. The Bertz CT molecular complexity index is 1400. The quantitative estimate of drug-likeness (QED) is 0.487. The van der Waals surface area contributed by atoms with E-state index in [4.69, 9.17) is 13.9 Å². The van der Waals surface area contributed by atoms with Crippen LogP contribution < -0.4 is 16.4 Å². The van der Waals surface area contributed by atoms with Crippen LogP contribution in [0.4, 0.5) is 4.79 Å². The molecule has 1 saturated heterocycles. The fourth-order valence-corrected chi connectivity index (χ4v) is 4.39. The lowest BCUT2D eigenvalue weighted by Crippen LogP contribution is -2.55. The van der Waals surface area contributed by atoms with Gasteiger partial charge in [-0.2, -0.15) is 5.26 Å². The van der Waals surface area contributed by atoms with Crippen LogP contribution in [0.2, 0.25) is 0 Å². The van der Waals surface area contributed by atoms with Crippen LogP contribution in [0.25, 0.3) is 22.2 Å². The number of nitriles is 1. The number of amides is 2. The molecular weight excluding hydrogens is 488 g/mol. The van der Waals surface area contributed by atoms with E-state index in [1.165, 1.54) is 4.57 Å². The summed E-state index contributed by atoms with van der Waals surface area (Å²) < 4.78 is 17.6. The Morgan fingerprint density at radius 1 is 1.16 bits per heavy atom. The smallest absolute Gasteiger partial charge is 0.419 e. The summed E-state index contributed by atoms with van der Waals surface area (Å²) in [4.78, 5) is 37.3. The number of nitrogens with zero attached hydrogens (tertiary/aromatic N) is 2. The molecule has 0 unspecified atom stereocenters. The number of carbonyl (C=O) groups is 2. The third-order valence-electron chi connectivity index (χ3n) is 6.28. The average molecular weight is 521 g/mol. The van der Waals surface area contributed by atoms with Gasteiger partial charge in [0.25, 0.3) is 0 Å². The second-order valence-corrected chi connectivity index (χ2v) is 10.4. The summed E-state index contributed by atoms with van der Waals surface area (Å²) in [5, 5.41) is 15.1. The van der Waals surface area contributed by atoms with Crippen molar-refractivity contribution in [2.24, 2.45) is 7.05 Å². The van der Waals surface area contributed by atoms with Gasteiger partial charge in [-0.3, -0.25) is 9.36 Å². The first-order valence-electron chi connectivity index (χ1n) is 12.5. The lowest BCUT2D eigenvalue weighted by Gasteiger charge is -2.27. The van der Waals surface area contributed by atoms with E-state index in [1.54, 1.807) is 33.9 Å². The van der Waals surface area contributed by atoms with Crippen molar-refractivity contribution in [1.29, 1.82) is 5.26 Å². The maximum Gasteiger partial charge on any atom is 0.419 e. The van der Waals surface area contributed by atoms with Gasteiger partial charge in [-0.25, -0.2) is 9.59 Å². The largest absolute Gasteiger partial charge is 0.444 e. The van der Waals surface area contributed by atoms with Crippen LogP contribution in [0.15, 0.2) is 51.7 Å². The number of nitrogens with one attached hydrogen (secondary N) is 2. The molecule has 2 amide bonds. The molecule has 0 bridgehead atoms. The van der Waals surface area contributed by atoms with Crippen molar-refractivity contribution in [2.45, 2.75) is 63.8 Å². The third kappa shape index (κ3) is 6.42. The van der Waals surface area contributed by atoms with Gasteiger partial charge in [-0.1, -0.05) is 30.3 Å². The summed E-state index contributed by atoms with van der Waals surface area (Å²) in [6.45, 7) is 5.72. The molecule has 38 heavy (non-hydrogen) atoms. The number of carbonyl (C=O) groups excluding carboxylic acids is 2. The van der Waals surface area contributed by atoms with E-state index >= 15 is 0 Å². The molecule has 0 radical (unpaired) electrons. The van der Waals surface area contributed by atoms with E-state index in [0.717, 1.165) is 23.1 Å². The second-order valence-electron chi connectivity index (χ2n) is 10.4. The molecule has 2 aromatic carbocycles. The molecular formula is C28H32N4O6. The third-order valence-corrected chi connectivity index (χ3v) is 6.28. The Morgan fingerprint density at radius 2 is 1.87 bits per heavy atom. The van der Waals surface area contributed by atoms with Crippen LogP contribution in [0.3, 0.4) is 0 Å². The number of oxazole rings is 1. The van der Waals surface area contributed by atoms with Gasteiger partial charge in [0.2, 0.25) is 5.91 Å². The average Bonchev–Trinajstić information content (AvgIpc) is 3.49. The lowest BCUT2D eigenvalue weighted by molar-refractivity contribution is -0.126. The number of hydrogen-bond acceptors (Lipinski definition) is 7. The molecule has 2 heterocycles. The van der Waals surface area contributed by atoms with Crippen molar-refractivity contribution < 1.29 is 23.5 Å². The zero-order valence-electron chi connectivity index (χ0n) is 21.9. The van der Waals surface area contributed by atoms with E-state index in [-0.39, 0.29) is 6.42 Å². The Kier molecular flexibility index (Phi) is 7.88. The zero-order valence-corrected chi connectivity index (χ0v) is 21.9. The maximum atomic E-state index is 13.1. The first-order chi connectivity index (χ1) is 18.0. The van der Waals surface area contributed by atoms with Gasteiger partial charge in [0.1, 0.15) is 17.7 Å². The van der Waals surface area contributed by atoms with Gasteiger partial charge < -0.3 is 24.5 Å². The molecule has 1 fully saturated rings. The van der Waals surface area contributed by atoms with Gasteiger partial charge in [0, 0.05) is 20.1 Å². The Morgan fingerprint density at radius 3 is 2.50 bits per heavy atom. The first-order valence-corrected chi connectivity index (χ1v) is 12.5. The molecule has 0 saturated carbocycles. The number of hydrogen-bond donors (Lipinski definition) is 2. The number of aryl methyl sites for hydroxylation is 1. The number of benzene rings is 2. The summed E-state index contributed by atoms with van der Waals surface area (Å²) in [6, 6.07) is 13.5. The zero-order chi connectivity index (χ0) is 27.4. The summed E-state index contributed by atoms with van der Waals surface area (Å²) in [5.41, 5.74) is 3.20. The van der Waals surface area contributed by atoms with Crippen LogP contribution in [0.1, 0.15) is 39.2 Å². The molecule has 1 aliphatic heterocycles. The summed E-state index contributed by atoms with van der Waals surface area (Å²) >= 11 is 0. The molecule has 10 heteroatoms. The van der Waals surface area contributed by atoms with Crippen molar-refractivity contribution in [3.8, 4) is 17.2 Å². The molecule has 0 spiro atoms. The highest BCUT2D eigenvalue weighted by Gasteiger charge is 2.35. The van der Waals surface area contributed by atoms with Crippen molar-refractivity contribution in [2.75, 3.05) is 6.61 Å². The molecule has 200 valence electrons. The number of rotatable bonds is 7. The predicted octanol–water partition coefficient (Wildman–Crippen LogP) is 3.42. The summed E-state index contributed by atoms with van der Waals surface area (Å²) in [7, 11) is 1.66. The topological polar surface area (TPSA) is 136 Å².